The van der Waals surface area contributed by atoms with Gasteiger partial charge in [-0.1, -0.05) is 0 Å². The fraction of sp³-hybridized carbons (Fsp3) is 0.875. The highest BCUT2D eigenvalue weighted by Gasteiger charge is 2.16. The molecule has 1 fully saturated rings. The Morgan fingerprint density at radius 2 is 2.30 bits per heavy atom. The van der Waals surface area contributed by atoms with Crippen molar-refractivity contribution in [1.29, 1.82) is 0 Å². The molecule has 10 heavy (non-hydrogen) atoms. The molecule has 1 saturated heterocycles. The molecule has 2 heteroatoms. The van der Waals surface area contributed by atoms with E-state index in [4.69, 9.17) is 0 Å². The van der Waals surface area contributed by atoms with Gasteiger partial charge in [0, 0.05) is 31.7 Å². The van der Waals surface area contributed by atoms with Crippen molar-refractivity contribution in [1.82, 2.24) is 10.2 Å². The average molecular weight is 141 g/mol. The van der Waals surface area contributed by atoms with Crippen LogP contribution in [0.3, 0.4) is 0 Å². The van der Waals surface area contributed by atoms with Crippen molar-refractivity contribution in [2.75, 3.05) is 19.6 Å². The molecule has 59 valence electrons. The molecular weight excluding hydrogens is 124 g/mol. The number of nitrogens with one attached hydrogen (secondary N) is 1. The third-order valence-corrected chi connectivity index (χ3v) is 2.02. The van der Waals surface area contributed by atoms with E-state index >= 15 is 0 Å². The molecule has 0 spiro atoms. The monoisotopic (exact) mass is 141 g/mol. The fourth-order valence-corrected chi connectivity index (χ4v) is 1.32. The molecule has 0 aliphatic carbocycles. The molecule has 1 unspecified atom stereocenters. The van der Waals surface area contributed by atoms with Gasteiger partial charge in [0.2, 0.25) is 0 Å². The van der Waals surface area contributed by atoms with Gasteiger partial charge in [0.25, 0.3) is 0 Å². The summed E-state index contributed by atoms with van der Waals surface area (Å²) >= 11 is 0. The summed E-state index contributed by atoms with van der Waals surface area (Å²) in [6.45, 7) is 11.8. The Labute approximate surface area is 63.6 Å². The molecule has 2 nitrogen and oxygen atoms in total. The Morgan fingerprint density at radius 3 is 2.70 bits per heavy atom. The first-order valence-corrected chi connectivity index (χ1v) is 4.00. The summed E-state index contributed by atoms with van der Waals surface area (Å²) in [5.41, 5.74) is 0. The standard InChI is InChI=1S/C8H17N2/c1-7(2)10-5-4-9-8(3)6-10/h7-9H,3-6H2,1-2H3. The summed E-state index contributed by atoms with van der Waals surface area (Å²) in [5, 5.41) is 3.31. The summed E-state index contributed by atoms with van der Waals surface area (Å²) in [6, 6.07) is 1.10. The van der Waals surface area contributed by atoms with Crippen LogP contribution in [0, 0.1) is 6.92 Å². The van der Waals surface area contributed by atoms with Gasteiger partial charge in [-0.3, -0.25) is 4.90 Å². The molecule has 1 N–H and O–H groups in total. The minimum absolute atomic E-state index is 0.427. The zero-order chi connectivity index (χ0) is 7.56. The molecule has 0 aromatic rings. The topological polar surface area (TPSA) is 15.3 Å². The first-order valence-electron chi connectivity index (χ1n) is 4.00. The van der Waals surface area contributed by atoms with E-state index in [2.05, 4.69) is 31.0 Å². The van der Waals surface area contributed by atoms with Gasteiger partial charge in [-0.15, -0.1) is 0 Å². The van der Waals surface area contributed by atoms with Crippen LogP contribution in [0.15, 0.2) is 0 Å². The number of hydrogen-bond acceptors (Lipinski definition) is 2. The molecular formula is C8H17N2. The van der Waals surface area contributed by atoms with Crippen LogP contribution < -0.4 is 5.32 Å². The lowest BCUT2D eigenvalue weighted by Crippen LogP contribution is -2.51. The van der Waals surface area contributed by atoms with E-state index in [-0.39, 0.29) is 0 Å². The van der Waals surface area contributed by atoms with E-state index in [1.165, 1.54) is 6.54 Å². The van der Waals surface area contributed by atoms with Gasteiger partial charge in [-0.25, -0.2) is 0 Å². The maximum Gasteiger partial charge on any atom is 0.0196 e. The van der Waals surface area contributed by atoms with E-state index < -0.39 is 0 Å². The summed E-state index contributed by atoms with van der Waals surface area (Å²) < 4.78 is 0. The lowest BCUT2D eigenvalue weighted by molar-refractivity contribution is 0.175. The molecule has 0 saturated carbocycles. The first-order chi connectivity index (χ1) is 4.70. The minimum atomic E-state index is 0.427. The molecule has 1 aliphatic heterocycles. The van der Waals surface area contributed by atoms with Crippen LogP contribution in [-0.4, -0.2) is 36.6 Å². The van der Waals surface area contributed by atoms with Gasteiger partial charge in [0.05, 0.1) is 0 Å². The normalized spacial score (nSPS) is 29.4. The highest BCUT2D eigenvalue weighted by Crippen LogP contribution is 2.02. The van der Waals surface area contributed by atoms with Crippen molar-refractivity contribution in [3.8, 4) is 0 Å². The lowest BCUT2D eigenvalue weighted by atomic mass is 10.2. The molecule has 1 atom stereocenters. The van der Waals surface area contributed by atoms with Crippen LogP contribution in [0.2, 0.25) is 0 Å². The SMILES string of the molecule is [CH2]C1CN(C(C)C)CCN1. The Kier molecular flexibility index (Phi) is 2.69. The largest absolute Gasteiger partial charge is 0.311 e. The van der Waals surface area contributed by atoms with E-state index in [1.54, 1.807) is 0 Å². The Bertz CT molecular complexity index is 101. The summed E-state index contributed by atoms with van der Waals surface area (Å²) in [6.07, 6.45) is 0. The third-order valence-electron chi connectivity index (χ3n) is 2.02. The zero-order valence-corrected chi connectivity index (χ0v) is 6.93. The number of piperazine rings is 1. The van der Waals surface area contributed by atoms with E-state index in [0.717, 1.165) is 13.1 Å². The second-order valence-electron chi connectivity index (χ2n) is 3.24. The Hall–Kier alpha value is -0.0800. The summed E-state index contributed by atoms with van der Waals surface area (Å²) in [5.74, 6) is 0. The summed E-state index contributed by atoms with van der Waals surface area (Å²) in [4.78, 5) is 2.45. The number of nitrogens with zero attached hydrogens (tertiary/aromatic N) is 1. The number of hydrogen-bond donors (Lipinski definition) is 1. The zero-order valence-electron chi connectivity index (χ0n) is 6.93. The van der Waals surface area contributed by atoms with Crippen molar-refractivity contribution in [3.63, 3.8) is 0 Å². The molecule has 0 bridgehead atoms. The Morgan fingerprint density at radius 1 is 1.60 bits per heavy atom. The molecule has 1 rings (SSSR count). The van der Waals surface area contributed by atoms with E-state index in [1.807, 2.05) is 0 Å². The van der Waals surface area contributed by atoms with Crippen LogP contribution in [0.5, 0.6) is 0 Å². The molecule has 0 aromatic heterocycles. The predicted molar refractivity (Wildman–Crippen MR) is 43.9 cm³/mol. The smallest absolute Gasteiger partial charge is 0.0196 e. The van der Waals surface area contributed by atoms with Crippen molar-refractivity contribution in [2.24, 2.45) is 0 Å². The van der Waals surface area contributed by atoms with Crippen LogP contribution in [0.4, 0.5) is 0 Å². The van der Waals surface area contributed by atoms with Gasteiger partial charge >= 0.3 is 0 Å². The van der Waals surface area contributed by atoms with Crippen molar-refractivity contribution in [3.05, 3.63) is 6.92 Å². The van der Waals surface area contributed by atoms with Gasteiger partial charge in [-0.2, -0.15) is 0 Å². The van der Waals surface area contributed by atoms with Gasteiger partial charge in [0.1, 0.15) is 0 Å². The van der Waals surface area contributed by atoms with Crippen LogP contribution in [0.25, 0.3) is 0 Å². The maximum absolute atomic E-state index is 3.98. The fourth-order valence-electron chi connectivity index (χ4n) is 1.32. The van der Waals surface area contributed by atoms with Crippen LogP contribution in [0.1, 0.15) is 13.8 Å². The maximum atomic E-state index is 3.98. The second kappa shape index (κ2) is 3.35. The highest BCUT2D eigenvalue weighted by atomic mass is 15.2. The highest BCUT2D eigenvalue weighted by molar-refractivity contribution is 4.81. The summed E-state index contributed by atoms with van der Waals surface area (Å²) in [7, 11) is 0. The molecule has 0 aromatic carbocycles. The number of rotatable bonds is 1. The second-order valence-corrected chi connectivity index (χ2v) is 3.24. The Balaban J connectivity index is 2.32. The van der Waals surface area contributed by atoms with Crippen molar-refractivity contribution >= 4 is 0 Å². The molecule has 1 aliphatic rings. The third kappa shape index (κ3) is 1.96. The van der Waals surface area contributed by atoms with Gasteiger partial charge in [0.15, 0.2) is 0 Å². The minimum Gasteiger partial charge on any atom is -0.311 e. The van der Waals surface area contributed by atoms with Crippen molar-refractivity contribution < 1.29 is 0 Å². The predicted octanol–water partition coefficient (Wildman–Crippen LogP) is 0.503. The quantitative estimate of drug-likeness (QED) is 0.572. The van der Waals surface area contributed by atoms with Crippen LogP contribution >= 0.6 is 0 Å². The van der Waals surface area contributed by atoms with Gasteiger partial charge < -0.3 is 5.32 Å². The van der Waals surface area contributed by atoms with Crippen molar-refractivity contribution in [2.45, 2.75) is 25.9 Å². The molecule has 1 radical (unpaired) electrons. The van der Waals surface area contributed by atoms with Crippen LogP contribution in [-0.2, 0) is 0 Å². The molecule has 1 heterocycles. The average Bonchev–Trinajstić information content (AvgIpc) is 1.88. The molecule has 0 amide bonds. The van der Waals surface area contributed by atoms with E-state index in [0.29, 0.717) is 12.1 Å². The lowest BCUT2D eigenvalue weighted by Gasteiger charge is -2.34. The first kappa shape index (κ1) is 8.02. The van der Waals surface area contributed by atoms with E-state index in [9.17, 15) is 0 Å². The van der Waals surface area contributed by atoms with Gasteiger partial charge in [-0.05, 0) is 20.8 Å².